The second-order valence-corrected chi connectivity index (χ2v) is 10.9. The summed E-state index contributed by atoms with van der Waals surface area (Å²) in [4.78, 5) is 13.5. The number of aliphatic hydroxyl groups is 3. The molecule has 1 aliphatic carbocycles. The van der Waals surface area contributed by atoms with E-state index in [1.54, 1.807) is 13.8 Å². The van der Waals surface area contributed by atoms with Gasteiger partial charge in [0.1, 0.15) is 16.9 Å². The third kappa shape index (κ3) is 5.30. The number of nitrogens with zero attached hydrogens (tertiary/aromatic N) is 3. The molecule has 2 aromatic carbocycles. The van der Waals surface area contributed by atoms with Crippen molar-refractivity contribution in [2.45, 2.75) is 50.3 Å². The monoisotopic (exact) mass is 545 g/mol. The first-order valence-corrected chi connectivity index (χ1v) is 12.7. The summed E-state index contributed by atoms with van der Waals surface area (Å²) < 4.78 is 40.5. The van der Waals surface area contributed by atoms with Crippen LogP contribution in [0.2, 0.25) is 0 Å². The molecule has 1 fully saturated rings. The summed E-state index contributed by atoms with van der Waals surface area (Å²) in [5, 5.41) is 38.4. The molecule has 5 N–H and O–H groups in total. The Labute approximate surface area is 220 Å². The Hall–Kier alpha value is -3.32. The molecule has 4 atom stereocenters. The number of para-hydroxylation sites is 1. The quantitative estimate of drug-likeness (QED) is 0.234. The second-order valence-electron chi connectivity index (χ2n) is 9.87. The van der Waals surface area contributed by atoms with Gasteiger partial charge in [0.05, 0.1) is 39.1 Å². The van der Waals surface area contributed by atoms with E-state index >= 15 is 0 Å². The van der Waals surface area contributed by atoms with Gasteiger partial charge in [0, 0.05) is 17.8 Å². The van der Waals surface area contributed by atoms with Crippen LogP contribution in [-0.4, -0.2) is 54.1 Å². The molecule has 0 radical (unpaired) electrons. The summed E-state index contributed by atoms with van der Waals surface area (Å²) in [5.74, 6) is -0.282. The molecule has 12 heteroatoms. The van der Waals surface area contributed by atoms with Crippen molar-refractivity contribution in [2.24, 2.45) is 5.92 Å². The van der Waals surface area contributed by atoms with E-state index in [9.17, 15) is 28.5 Å². The van der Waals surface area contributed by atoms with Crippen LogP contribution < -0.4 is 10.6 Å². The lowest BCUT2D eigenvalue weighted by Gasteiger charge is -2.28. The molecule has 200 valence electrons. The predicted molar refractivity (Wildman–Crippen MR) is 139 cm³/mol. The van der Waals surface area contributed by atoms with Gasteiger partial charge >= 0.3 is 6.18 Å². The molecule has 0 aliphatic heterocycles. The van der Waals surface area contributed by atoms with Crippen molar-refractivity contribution in [3.63, 3.8) is 0 Å². The predicted octanol–water partition coefficient (Wildman–Crippen LogP) is 4.81. The van der Waals surface area contributed by atoms with E-state index in [0.717, 1.165) is 22.3 Å². The van der Waals surface area contributed by atoms with E-state index in [2.05, 4.69) is 25.6 Å². The van der Waals surface area contributed by atoms with Crippen LogP contribution >= 0.6 is 11.3 Å². The number of hydrogen-bond donors (Lipinski definition) is 5. The molecule has 38 heavy (non-hydrogen) atoms. The molecule has 2 heterocycles. The number of aliphatic hydroxyl groups excluding tert-OH is 2. The Morgan fingerprint density at radius 3 is 2.45 bits per heavy atom. The molecular weight excluding hydrogens is 519 g/mol. The Kier molecular flexibility index (Phi) is 6.76. The minimum absolute atomic E-state index is 0.0313. The number of benzene rings is 2. The normalized spacial score (nSPS) is 22.1. The van der Waals surface area contributed by atoms with Crippen molar-refractivity contribution >= 4 is 39.0 Å². The fraction of sp³-hybridized carbons (Fsp3) is 0.346. The van der Waals surface area contributed by atoms with Crippen LogP contribution in [-0.2, 0) is 6.18 Å². The fourth-order valence-corrected chi connectivity index (χ4v) is 5.63. The second kappa shape index (κ2) is 9.77. The van der Waals surface area contributed by atoms with Crippen LogP contribution in [0.5, 0.6) is 0 Å². The van der Waals surface area contributed by atoms with E-state index in [-0.39, 0.29) is 23.9 Å². The number of halogens is 3. The molecule has 2 aromatic heterocycles. The number of rotatable bonds is 6. The van der Waals surface area contributed by atoms with Crippen molar-refractivity contribution in [1.82, 2.24) is 15.0 Å². The Balaban J connectivity index is 1.51. The van der Waals surface area contributed by atoms with E-state index in [1.807, 2.05) is 24.3 Å². The number of aromatic nitrogens is 3. The number of nitrogens with one attached hydrogen (secondary N) is 2. The zero-order chi connectivity index (χ0) is 27.2. The lowest BCUT2D eigenvalue weighted by molar-refractivity contribution is -0.137. The summed E-state index contributed by atoms with van der Waals surface area (Å²) in [5.41, 5.74) is -0.587. The minimum Gasteiger partial charge on any atom is -0.390 e. The number of thiazole rings is 1. The van der Waals surface area contributed by atoms with Crippen molar-refractivity contribution in [3.05, 3.63) is 60.3 Å². The Morgan fingerprint density at radius 1 is 1.00 bits per heavy atom. The number of alkyl halides is 3. The third-order valence-corrected chi connectivity index (χ3v) is 7.74. The van der Waals surface area contributed by atoms with Crippen molar-refractivity contribution < 1.29 is 28.5 Å². The van der Waals surface area contributed by atoms with Gasteiger partial charge in [-0.15, -0.1) is 11.3 Å². The third-order valence-electron chi connectivity index (χ3n) is 6.67. The summed E-state index contributed by atoms with van der Waals surface area (Å²) >= 11 is 1.41. The van der Waals surface area contributed by atoms with Gasteiger partial charge in [-0.2, -0.15) is 18.2 Å². The summed E-state index contributed by atoms with van der Waals surface area (Å²) in [6, 6.07) is 11.6. The molecule has 5 rings (SSSR count). The van der Waals surface area contributed by atoms with Gasteiger partial charge in [0.15, 0.2) is 0 Å². The van der Waals surface area contributed by atoms with E-state index in [0.29, 0.717) is 10.6 Å². The molecule has 0 amide bonds. The van der Waals surface area contributed by atoms with Gasteiger partial charge in [-0.25, -0.2) is 9.97 Å². The van der Waals surface area contributed by atoms with Gasteiger partial charge in [0.25, 0.3) is 0 Å². The van der Waals surface area contributed by atoms with Gasteiger partial charge in [0.2, 0.25) is 5.95 Å². The number of fused-ring (bicyclic) bond motifs is 1. The van der Waals surface area contributed by atoms with Crippen LogP contribution in [0.25, 0.3) is 20.8 Å². The molecule has 0 unspecified atom stereocenters. The summed E-state index contributed by atoms with van der Waals surface area (Å²) in [7, 11) is 0. The first-order chi connectivity index (χ1) is 17.9. The van der Waals surface area contributed by atoms with Gasteiger partial charge < -0.3 is 26.0 Å². The first kappa shape index (κ1) is 26.3. The van der Waals surface area contributed by atoms with Crippen molar-refractivity contribution in [1.29, 1.82) is 0 Å². The lowest BCUT2D eigenvalue weighted by atomic mass is 9.88. The zero-order valence-corrected chi connectivity index (χ0v) is 21.3. The molecule has 1 aliphatic rings. The largest absolute Gasteiger partial charge is 0.416 e. The molecular formula is C26H26F3N5O3S. The standard InChI is InChI=1S/C26H26F3N5O3S/c1-25(2,37)16-11-18(21(36)20(16)35)32-22-15(23-33-17-8-3-4-9-19(17)38-23)12-30-24(34-22)31-14-7-5-6-13(10-14)26(27,28)29/h3-10,12,16,18,20-21,35-37H,11H2,1-2H3,(H2,30,31,32,34)/t16-,18-,20-,21+/m1/s1. The van der Waals surface area contributed by atoms with Gasteiger partial charge in [-0.05, 0) is 50.6 Å². The average molecular weight is 546 g/mol. The smallest absolute Gasteiger partial charge is 0.390 e. The molecule has 0 saturated heterocycles. The summed E-state index contributed by atoms with van der Waals surface area (Å²) in [6.45, 7) is 3.15. The summed E-state index contributed by atoms with van der Waals surface area (Å²) in [6.07, 6.45) is -5.09. The maximum atomic E-state index is 13.2. The fourth-order valence-electron chi connectivity index (χ4n) is 4.65. The highest BCUT2D eigenvalue weighted by atomic mass is 32.1. The van der Waals surface area contributed by atoms with Crippen LogP contribution in [0.3, 0.4) is 0 Å². The molecule has 0 bridgehead atoms. The van der Waals surface area contributed by atoms with Crippen molar-refractivity contribution in [2.75, 3.05) is 10.6 Å². The van der Waals surface area contributed by atoms with Crippen LogP contribution in [0.1, 0.15) is 25.8 Å². The minimum atomic E-state index is -4.50. The van der Waals surface area contributed by atoms with Crippen molar-refractivity contribution in [3.8, 4) is 10.6 Å². The first-order valence-electron chi connectivity index (χ1n) is 11.9. The zero-order valence-electron chi connectivity index (χ0n) is 20.4. The van der Waals surface area contributed by atoms with Crippen LogP contribution in [0, 0.1) is 5.92 Å². The van der Waals surface area contributed by atoms with E-state index in [1.165, 1.54) is 29.7 Å². The van der Waals surface area contributed by atoms with Crippen LogP contribution in [0.15, 0.2) is 54.7 Å². The highest BCUT2D eigenvalue weighted by Crippen LogP contribution is 2.39. The highest BCUT2D eigenvalue weighted by molar-refractivity contribution is 7.21. The SMILES string of the molecule is CC(C)(O)[C@@H]1C[C@@H](Nc2nc(Nc3cccc(C(F)(F)F)c3)ncc2-c2nc3ccccc3s2)[C@H](O)[C@@H]1O. The molecule has 4 aromatic rings. The van der Waals surface area contributed by atoms with Gasteiger partial charge in [-0.3, -0.25) is 0 Å². The topological polar surface area (TPSA) is 123 Å². The maximum absolute atomic E-state index is 13.2. The average Bonchev–Trinajstić information content (AvgIpc) is 3.40. The van der Waals surface area contributed by atoms with E-state index in [4.69, 9.17) is 0 Å². The lowest BCUT2D eigenvalue weighted by Crippen LogP contribution is -2.40. The van der Waals surface area contributed by atoms with Gasteiger partial charge in [-0.1, -0.05) is 18.2 Å². The molecule has 8 nitrogen and oxygen atoms in total. The number of anilines is 3. The Morgan fingerprint density at radius 2 is 1.76 bits per heavy atom. The molecule has 1 saturated carbocycles. The van der Waals surface area contributed by atoms with Crippen LogP contribution in [0.4, 0.5) is 30.6 Å². The highest BCUT2D eigenvalue weighted by Gasteiger charge is 2.47. The number of hydrogen-bond acceptors (Lipinski definition) is 9. The Bertz CT molecular complexity index is 1420. The maximum Gasteiger partial charge on any atom is 0.416 e. The van der Waals surface area contributed by atoms with E-state index < -0.39 is 41.5 Å². The molecule has 0 spiro atoms.